The van der Waals surface area contributed by atoms with Gasteiger partial charge in [-0.15, -0.1) is 0 Å². The number of halogens is 1. The molecule has 0 spiro atoms. The van der Waals surface area contributed by atoms with Crippen LogP contribution in [0.5, 0.6) is 5.75 Å². The number of aromatic nitrogens is 2. The van der Waals surface area contributed by atoms with Crippen molar-refractivity contribution in [1.29, 1.82) is 0 Å². The highest BCUT2D eigenvalue weighted by Crippen LogP contribution is 2.32. The first kappa shape index (κ1) is 21.9. The molecule has 1 amide bonds. The maximum Gasteiger partial charge on any atom is 0.257 e. The molecule has 1 heterocycles. The predicted octanol–water partition coefficient (Wildman–Crippen LogP) is 5.25. The van der Waals surface area contributed by atoms with Crippen LogP contribution in [0.4, 0.5) is 0 Å². The quantitative estimate of drug-likeness (QED) is 0.257. The van der Waals surface area contributed by atoms with E-state index in [2.05, 4.69) is 9.97 Å². The lowest BCUT2D eigenvalue weighted by Crippen LogP contribution is -2.22. The molecule has 0 saturated heterocycles. The third-order valence-corrected chi connectivity index (χ3v) is 5.79. The second-order valence-electron chi connectivity index (χ2n) is 7.42. The normalized spacial score (nSPS) is 10.8. The van der Waals surface area contributed by atoms with Crippen LogP contribution in [0.3, 0.4) is 0 Å². The average molecular weight is 537 g/mol. The third kappa shape index (κ3) is 4.20. The maximum absolute atomic E-state index is 12.6. The number of rotatable bonds is 5. The summed E-state index contributed by atoms with van der Waals surface area (Å²) in [5.74, 6) is 0.395. The van der Waals surface area contributed by atoms with Crippen molar-refractivity contribution in [3.8, 4) is 28.1 Å². The van der Waals surface area contributed by atoms with Crippen LogP contribution in [-0.2, 0) is 0 Å². The highest BCUT2D eigenvalue weighted by molar-refractivity contribution is 14.1. The molecule has 160 valence electrons. The van der Waals surface area contributed by atoms with Gasteiger partial charge in [0, 0.05) is 53.2 Å². The summed E-state index contributed by atoms with van der Waals surface area (Å²) in [7, 11) is 4.97. The first-order valence-electron chi connectivity index (χ1n) is 9.84. The topological polar surface area (TPSA) is 72.4 Å². The monoisotopic (exact) mass is 537 g/mol. The van der Waals surface area contributed by atoms with Crippen LogP contribution in [-0.4, -0.2) is 45.8 Å². The van der Waals surface area contributed by atoms with Crippen LogP contribution in [0.25, 0.3) is 33.3 Å². The minimum absolute atomic E-state index is 0.0279. The fourth-order valence-electron chi connectivity index (χ4n) is 3.55. The molecular formula is C25H20IN3O3. The van der Waals surface area contributed by atoms with E-state index >= 15 is 0 Å². The number of carbonyl (C=O) groups excluding carboxylic acids is 2. The summed E-state index contributed by atoms with van der Waals surface area (Å²) >= 11 is 1.78. The first-order valence-corrected chi connectivity index (χ1v) is 10.9. The van der Waals surface area contributed by atoms with Crippen molar-refractivity contribution in [3.05, 3.63) is 78.1 Å². The molecule has 32 heavy (non-hydrogen) atoms. The number of methoxy groups -OCH3 is 1. The lowest BCUT2D eigenvalue weighted by Gasteiger charge is -2.15. The Morgan fingerprint density at radius 2 is 1.66 bits per heavy atom. The van der Waals surface area contributed by atoms with E-state index in [0.29, 0.717) is 16.9 Å². The number of ether oxygens (including phenoxy) is 1. The van der Waals surface area contributed by atoms with E-state index in [9.17, 15) is 9.59 Å². The Balaban J connectivity index is 1.87. The van der Waals surface area contributed by atoms with Crippen LogP contribution in [0, 0.1) is 0 Å². The van der Waals surface area contributed by atoms with E-state index in [0.717, 1.165) is 33.3 Å². The van der Waals surface area contributed by atoms with Crippen LogP contribution in [0.2, 0.25) is 0 Å². The average Bonchev–Trinajstić information content (AvgIpc) is 2.82. The van der Waals surface area contributed by atoms with E-state index in [1.807, 2.05) is 48.5 Å². The van der Waals surface area contributed by atoms with Gasteiger partial charge in [-0.2, -0.15) is 0 Å². The zero-order chi connectivity index (χ0) is 22.8. The fourth-order valence-corrected chi connectivity index (χ4v) is 3.89. The van der Waals surface area contributed by atoms with Crippen molar-refractivity contribution < 1.29 is 14.3 Å². The highest BCUT2D eigenvalue weighted by Gasteiger charge is 2.16. The van der Waals surface area contributed by atoms with Gasteiger partial charge in [0.15, 0.2) is 0 Å². The van der Waals surface area contributed by atoms with E-state index in [1.54, 1.807) is 55.9 Å². The van der Waals surface area contributed by atoms with E-state index in [1.165, 1.54) is 11.2 Å². The van der Waals surface area contributed by atoms with Gasteiger partial charge in [-0.25, -0.2) is 9.97 Å². The zero-order valence-corrected chi connectivity index (χ0v) is 20.0. The number of amides is 1. The van der Waals surface area contributed by atoms with Gasteiger partial charge in [-0.1, -0.05) is 30.3 Å². The first-order chi connectivity index (χ1) is 15.4. The molecule has 0 aliphatic heterocycles. The molecule has 1 aromatic heterocycles. The molecule has 3 aromatic carbocycles. The number of hydrogen-bond donors (Lipinski definition) is 0. The number of nitrogens with zero attached hydrogens (tertiary/aromatic N) is 3. The second-order valence-corrected chi connectivity index (χ2v) is 8.40. The summed E-state index contributed by atoms with van der Waals surface area (Å²) in [5.41, 5.74) is 5.29. The SMILES string of the molecule is COc1ccc(-c2ccc3ncnc(-c4cccc(C(=O)I)c4)c3c2)cc1C(=O)N(C)C. The summed E-state index contributed by atoms with van der Waals surface area (Å²) in [6.45, 7) is 0. The Hall–Kier alpha value is -3.33. The smallest absolute Gasteiger partial charge is 0.257 e. The summed E-state index contributed by atoms with van der Waals surface area (Å²) in [6.07, 6.45) is 1.52. The standard InChI is InChI=1S/C25H20IN3O3/c1-29(2)25(31)20-13-16(8-10-22(20)32-3)15-7-9-21-19(12-15)23(28-14-27-21)17-5-4-6-18(11-17)24(26)30/h4-14H,1-3H3. The van der Waals surface area contributed by atoms with Gasteiger partial charge in [-0.05, 0) is 41.5 Å². The van der Waals surface area contributed by atoms with Crippen LogP contribution >= 0.6 is 22.6 Å². The Morgan fingerprint density at radius 1 is 0.906 bits per heavy atom. The molecule has 0 unspecified atom stereocenters. The molecule has 7 heteroatoms. The molecular weight excluding hydrogens is 517 g/mol. The lowest BCUT2D eigenvalue weighted by atomic mass is 9.98. The number of benzene rings is 3. The Bertz CT molecular complexity index is 1350. The van der Waals surface area contributed by atoms with E-state index < -0.39 is 0 Å². The summed E-state index contributed by atoms with van der Waals surface area (Å²) in [6, 6.07) is 18.9. The molecule has 4 rings (SSSR count). The molecule has 4 aromatic rings. The van der Waals surface area contributed by atoms with Gasteiger partial charge in [0.1, 0.15) is 12.1 Å². The summed E-state index contributed by atoms with van der Waals surface area (Å²) < 4.78 is 5.36. The molecule has 0 saturated carbocycles. The van der Waals surface area contributed by atoms with Gasteiger partial charge < -0.3 is 9.64 Å². The predicted molar refractivity (Wildman–Crippen MR) is 133 cm³/mol. The van der Waals surface area contributed by atoms with Crippen LogP contribution in [0.1, 0.15) is 20.7 Å². The van der Waals surface area contributed by atoms with Crippen molar-refractivity contribution in [3.63, 3.8) is 0 Å². The van der Waals surface area contributed by atoms with Crippen molar-refractivity contribution >= 4 is 43.2 Å². The Labute approximate surface area is 199 Å². The van der Waals surface area contributed by atoms with Crippen molar-refractivity contribution in [1.82, 2.24) is 14.9 Å². The number of hydrogen-bond acceptors (Lipinski definition) is 5. The van der Waals surface area contributed by atoms with Crippen molar-refractivity contribution in [2.24, 2.45) is 0 Å². The minimum Gasteiger partial charge on any atom is -0.496 e. The maximum atomic E-state index is 12.6. The van der Waals surface area contributed by atoms with E-state index in [-0.39, 0.29) is 9.70 Å². The van der Waals surface area contributed by atoms with Gasteiger partial charge in [-0.3, -0.25) is 9.59 Å². The Kier molecular flexibility index (Phi) is 6.18. The van der Waals surface area contributed by atoms with Crippen LogP contribution < -0.4 is 4.74 Å². The van der Waals surface area contributed by atoms with Gasteiger partial charge in [0.2, 0.25) is 3.79 Å². The molecule has 6 nitrogen and oxygen atoms in total. The summed E-state index contributed by atoms with van der Waals surface area (Å²) in [4.78, 5) is 34.9. The largest absolute Gasteiger partial charge is 0.496 e. The zero-order valence-electron chi connectivity index (χ0n) is 17.8. The van der Waals surface area contributed by atoms with Crippen molar-refractivity contribution in [2.45, 2.75) is 0 Å². The molecule has 0 radical (unpaired) electrons. The summed E-state index contributed by atoms with van der Waals surface area (Å²) in [5, 5.41) is 0.861. The third-order valence-electron chi connectivity index (χ3n) is 5.17. The van der Waals surface area contributed by atoms with Gasteiger partial charge in [0.05, 0.1) is 23.9 Å². The number of fused-ring (bicyclic) bond motifs is 1. The van der Waals surface area contributed by atoms with Crippen LogP contribution in [0.15, 0.2) is 67.0 Å². The van der Waals surface area contributed by atoms with Gasteiger partial charge >= 0.3 is 0 Å². The van der Waals surface area contributed by atoms with E-state index in [4.69, 9.17) is 4.74 Å². The molecule has 0 fully saturated rings. The molecule has 0 aliphatic rings. The van der Waals surface area contributed by atoms with Crippen molar-refractivity contribution in [2.75, 3.05) is 21.2 Å². The lowest BCUT2D eigenvalue weighted by molar-refractivity contribution is 0.0824. The molecule has 0 bridgehead atoms. The molecule has 0 atom stereocenters. The number of carbonyl (C=O) groups is 2. The second kappa shape index (κ2) is 9.04. The molecule has 0 N–H and O–H groups in total. The fraction of sp³-hybridized carbons (Fsp3) is 0.120. The Morgan fingerprint density at radius 3 is 2.38 bits per heavy atom. The van der Waals surface area contributed by atoms with Gasteiger partial charge in [0.25, 0.3) is 5.91 Å². The highest BCUT2D eigenvalue weighted by atomic mass is 127. The molecule has 0 aliphatic carbocycles. The minimum atomic E-state index is -0.131.